The van der Waals surface area contributed by atoms with Crippen molar-refractivity contribution in [2.24, 2.45) is 0 Å². The molecule has 154 valence electrons. The zero-order valence-corrected chi connectivity index (χ0v) is 19.2. The van der Waals surface area contributed by atoms with Crippen molar-refractivity contribution in [3.63, 3.8) is 0 Å². The van der Waals surface area contributed by atoms with Crippen molar-refractivity contribution in [2.75, 3.05) is 5.32 Å². The highest BCUT2D eigenvalue weighted by Crippen LogP contribution is 2.27. The van der Waals surface area contributed by atoms with Crippen LogP contribution < -0.4 is 5.32 Å². The number of rotatable bonds is 1. The van der Waals surface area contributed by atoms with Gasteiger partial charge >= 0.3 is 0 Å². The highest BCUT2D eigenvalue weighted by atomic mass is 32.1. The van der Waals surface area contributed by atoms with Crippen LogP contribution in [0.4, 0.5) is 5.13 Å². The number of thiazole rings is 1. The van der Waals surface area contributed by atoms with Gasteiger partial charge in [-0.15, -0.1) is 0 Å². The Balaban J connectivity index is 0.000000252. The van der Waals surface area contributed by atoms with Gasteiger partial charge in [-0.2, -0.15) is 0 Å². The Morgan fingerprint density at radius 1 is 0.966 bits per heavy atom. The van der Waals surface area contributed by atoms with E-state index in [4.69, 9.17) is 0 Å². The monoisotopic (exact) mass is 409 g/mol. The van der Waals surface area contributed by atoms with Gasteiger partial charge in [0.2, 0.25) is 5.91 Å². The lowest BCUT2D eigenvalue weighted by Crippen LogP contribution is -2.04. The minimum atomic E-state index is -0.0818. The van der Waals surface area contributed by atoms with Crippen LogP contribution in [-0.4, -0.2) is 15.9 Å². The van der Waals surface area contributed by atoms with Gasteiger partial charge in [-0.05, 0) is 43.2 Å². The third-order valence-electron chi connectivity index (χ3n) is 3.67. The van der Waals surface area contributed by atoms with Gasteiger partial charge < -0.3 is 5.32 Å². The smallest absolute Gasteiger partial charge is 0.223 e. The average Bonchev–Trinajstić information content (AvgIpc) is 3.14. The molecule has 4 rings (SSSR count). The van der Waals surface area contributed by atoms with Crippen molar-refractivity contribution >= 4 is 43.5 Å². The molecule has 2 aromatic carbocycles. The highest BCUT2D eigenvalue weighted by Gasteiger charge is 2.05. The summed E-state index contributed by atoms with van der Waals surface area (Å²) in [5, 5.41) is 4.56. The number of fused-ring (bicyclic) bond motifs is 2. The fraction of sp³-hybridized carbons (Fsp3) is 0.292. The third kappa shape index (κ3) is 7.27. The van der Waals surface area contributed by atoms with E-state index in [1.165, 1.54) is 29.2 Å². The van der Waals surface area contributed by atoms with E-state index in [2.05, 4.69) is 46.5 Å². The lowest BCUT2D eigenvalue weighted by molar-refractivity contribution is -0.114. The number of carbonyl (C=O) groups excluding carboxylic acids is 1. The minimum Gasteiger partial charge on any atom is -0.302 e. The number of nitrogens with zero attached hydrogens (tertiary/aromatic N) is 2. The minimum absolute atomic E-state index is 0.0818. The Morgan fingerprint density at radius 3 is 2.34 bits per heavy atom. The molecule has 0 fully saturated rings. The molecule has 2 aromatic heterocycles. The molecule has 0 atom stereocenters. The van der Waals surface area contributed by atoms with Crippen LogP contribution in [0.2, 0.25) is 0 Å². The van der Waals surface area contributed by atoms with E-state index in [1.54, 1.807) is 0 Å². The summed E-state index contributed by atoms with van der Waals surface area (Å²) in [5.74, 6) is -0.0818. The predicted octanol–water partition coefficient (Wildman–Crippen LogP) is 7.16. The van der Waals surface area contributed by atoms with E-state index in [-0.39, 0.29) is 5.91 Å². The SMILES string of the molecule is CC.CC.CC(=O)Nc1nc2c(C)cccc2s1.Cc1ccc2cccnc2c1. The molecule has 0 bridgehead atoms. The molecule has 1 N–H and O–H groups in total. The fourth-order valence-corrected chi connectivity index (χ4v) is 3.46. The third-order valence-corrected chi connectivity index (χ3v) is 4.60. The Morgan fingerprint density at radius 2 is 1.69 bits per heavy atom. The maximum absolute atomic E-state index is 10.8. The number of anilines is 1. The molecule has 0 spiro atoms. The first-order valence-electron chi connectivity index (χ1n) is 9.98. The van der Waals surface area contributed by atoms with Crippen molar-refractivity contribution in [2.45, 2.75) is 48.5 Å². The van der Waals surface area contributed by atoms with E-state index in [0.29, 0.717) is 5.13 Å². The number of benzene rings is 2. The number of pyridine rings is 1. The van der Waals surface area contributed by atoms with Crippen LogP contribution in [0.25, 0.3) is 21.1 Å². The topological polar surface area (TPSA) is 54.9 Å². The molecule has 0 aliphatic heterocycles. The molecule has 4 aromatic rings. The number of carbonyl (C=O) groups is 1. The summed E-state index contributed by atoms with van der Waals surface area (Å²) in [5.41, 5.74) is 4.44. The molecule has 0 aliphatic carbocycles. The molecular weight excluding hydrogens is 378 g/mol. The summed E-state index contributed by atoms with van der Waals surface area (Å²) in [4.78, 5) is 19.4. The van der Waals surface area contributed by atoms with Crippen LogP contribution in [0.5, 0.6) is 0 Å². The maximum Gasteiger partial charge on any atom is 0.223 e. The molecule has 0 saturated carbocycles. The Labute approximate surface area is 178 Å². The number of amides is 1. The number of para-hydroxylation sites is 1. The first kappa shape index (κ1) is 24.2. The van der Waals surface area contributed by atoms with Crippen molar-refractivity contribution < 1.29 is 4.79 Å². The normalized spacial score (nSPS) is 9.34. The van der Waals surface area contributed by atoms with Crippen LogP contribution in [-0.2, 0) is 4.79 Å². The van der Waals surface area contributed by atoms with Crippen LogP contribution in [0, 0.1) is 13.8 Å². The van der Waals surface area contributed by atoms with Gasteiger partial charge in [0, 0.05) is 18.5 Å². The van der Waals surface area contributed by atoms with Crippen molar-refractivity contribution in [3.05, 3.63) is 65.9 Å². The molecule has 0 aliphatic rings. The average molecular weight is 410 g/mol. The Kier molecular flexibility index (Phi) is 10.6. The predicted molar refractivity (Wildman–Crippen MR) is 128 cm³/mol. The van der Waals surface area contributed by atoms with Gasteiger partial charge in [-0.3, -0.25) is 9.78 Å². The standard InChI is InChI=1S/C10H10N2OS.C10H9N.2C2H6/c1-6-4-3-5-8-9(6)12-10(14-8)11-7(2)13;1-8-4-5-9-3-2-6-11-10(9)7-8;2*1-2/h3-5H,1-2H3,(H,11,12,13);2-7H,1H3;2*1-2H3. The van der Waals surface area contributed by atoms with Crippen LogP contribution in [0.3, 0.4) is 0 Å². The van der Waals surface area contributed by atoms with Gasteiger partial charge in [-0.25, -0.2) is 4.98 Å². The summed E-state index contributed by atoms with van der Waals surface area (Å²) >= 11 is 1.50. The van der Waals surface area contributed by atoms with Crippen LogP contribution in [0.15, 0.2) is 54.7 Å². The van der Waals surface area contributed by atoms with Gasteiger partial charge in [0.1, 0.15) is 0 Å². The second-order valence-electron chi connectivity index (χ2n) is 5.82. The molecule has 0 radical (unpaired) electrons. The summed E-state index contributed by atoms with van der Waals surface area (Å²) < 4.78 is 1.11. The van der Waals surface area contributed by atoms with E-state index in [9.17, 15) is 4.79 Å². The number of aromatic nitrogens is 2. The molecule has 1 amide bonds. The zero-order chi connectivity index (χ0) is 21.8. The van der Waals surface area contributed by atoms with Crippen molar-refractivity contribution in [3.8, 4) is 0 Å². The lowest BCUT2D eigenvalue weighted by atomic mass is 10.1. The number of hydrogen-bond acceptors (Lipinski definition) is 4. The van der Waals surface area contributed by atoms with E-state index < -0.39 is 0 Å². The lowest BCUT2D eigenvalue weighted by Gasteiger charge is -1.95. The van der Waals surface area contributed by atoms with E-state index in [0.717, 1.165) is 21.3 Å². The largest absolute Gasteiger partial charge is 0.302 e. The van der Waals surface area contributed by atoms with Crippen molar-refractivity contribution in [1.82, 2.24) is 9.97 Å². The number of aryl methyl sites for hydroxylation is 2. The quantitative estimate of drug-likeness (QED) is 0.363. The summed E-state index contributed by atoms with van der Waals surface area (Å²) in [6.07, 6.45) is 1.82. The zero-order valence-electron chi connectivity index (χ0n) is 18.4. The highest BCUT2D eigenvalue weighted by molar-refractivity contribution is 7.22. The Bertz CT molecular complexity index is 1040. The molecule has 0 saturated heterocycles. The van der Waals surface area contributed by atoms with Gasteiger partial charge in [-0.1, -0.05) is 69.4 Å². The maximum atomic E-state index is 10.8. The summed E-state index contributed by atoms with van der Waals surface area (Å²) in [6.45, 7) is 13.6. The molecular formula is C24H31N3OS. The van der Waals surface area contributed by atoms with Crippen LogP contribution >= 0.6 is 11.3 Å². The summed E-state index contributed by atoms with van der Waals surface area (Å²) in [6, 6.07) is 16.3. The van der Waals surface area contributed by atoms with Gasteiger partial charge in [0.15, 0.2) is 5.13 Å². The van der Waals surface area contributed by atoms with E-state index >= 15 is 0 Å². The first-order valence-corrected chi connectivity index (χ1v) is 10.8. The van der Waals surface area contributed by atoms with Crippen molar-refractivity contribution in [1.29, 1.82) is 0 Å². The number of hydrogen-bond donors (Lipinski definition) is 1. The van der Waals surface area contributed by atoms with Crippen LogP contribution in [0.1, 0.15) is 45.7 Å². The first-order chi connectivity index (χ1) is 14.0. The van der Waals surface area contributed by atoms with Gasteiger partial charge in [0.05, 0.1) is 15.7 Å². The molecule has 4 nitrogen and oxygen atoms in total. The number of nitrogens with one attached hydrogen (secondary N) is 1. The second-order valence-corrected chi connectivity index (χ2v) is 6.85. The van der Waals surface area contributed by atoms with E-state index in [1.807, 2.05) is 65.1 Å². The molecule has 0 unspecified atom stereocenters. The second kappa shape index (κ2) is 12.6. The molecule has 29 heavy (non-hydrogen) atoms. The molecule has 2 heterocycles. The fourth-order valence-electron chi connectivity index (χ4n) is 2.47. The van der Waals surface area contributed by atoms with Gasteiger partial charge in [0.25, 0.3) is 0 Å². The molecule has 5 heteroatoms. The Hall–Kier alpha value is -2.79. The summed E-state index contributed by atoms with van der Waals surface area (Å²) in [7, 11) is 0.